The largest absolute Gasteiger partial charge is 0.272 e. The van der Waals surface area contributed by atoms with E-state index in [0.717, 1.165) is 39.2 Å². The highest BCUT2D eigenvalue weighted by molar-refractivity contribution is 8.14. The smallest absolute Gasteiger partial charge is 0.264 e. The van der Waals surface area contributed by atoms with Crippen molar-refractivity contribution in [1.29, 1.82) is 0 Å². The van der Waals surface area contributed by atoms with Gasteiger partial charge in [0.1, 0.15) is 11.7 Å². The molecule has 2 aromatic carbocycles. The lowest BCUT2D eigenvalue weighted by Gasteiger charge is -2.22. The molecule has 3 aliphatic rings. The first-order chi connectivity index (χ1) is 18.5. The second kappa shape index (κ2) is 10.1. The van der Waals surface area contributed by atoms with E-state index in [2.05, 4.69) is 20.2 Å². The monoisotopic (exact) mass is 544 g/mol. The number of halogens is 1. The van der Waals surface area contributed by atoms with E-state index in [4.69, 9.17) is 0 Å². The fourth-order valence-electron chi connectivity index (χ4n) is 4.39. The molecule has 11 heteroatoms. The Balaban J connectivity index is 1.21. The van der Waals surface area contributed by atoms with E-state index >= 15 is 0 Å². The van der Waals surface area contributed by atoms with Gasteiger partial charge in [-0.3, -0.25) is 9.59 Å². The summed E-state index contributed by atoms with van der Waals surface area (Å²) in [6.45, 7) is 1.99. The maximum absolute atomic E-state index is 13.6. The lowest BCUT2D eigenvalue weighted by molar-refractivity contribution is -0.130. The number of benzene rings is 2. The number of hydrogen-bond donors (Lipinski definition) is 0. The summed E-state index contributed by atoms with van der Waals surface area (Å²) in [6.07, 6.45) is 2.06. The van der Waals surface area contributed by atoms with Crippen LogP contribution >= 0.6 is 23.1 Å². The molecular weight excluding hydrogens is 523 g/mol. The molecule has 0 aliphatic carbocycles. The van der Waals surface area contributed by atoms with E-state index in [1.165, 1.54) is 23.4 Å². The van der Waals surface area contributed by atoms with Crippen LogP contribution in [-0.2, 0) is 9.59 Å². The zero-order valence-corrected chi connectivity index (χ0v) is 21.8. The minimum absolute atomic E-state index is 0.0160. The number of amides is 2. The number of nitrogens with zero attached hydrogens (tertiary/aromatic N) is 6. The molecule has 8 nitrogen and oxygen atoms in total. The normalized spacial score (nSPS) is 20.4. The number of hydrogen-bond acceptors (Lipinski definition) is 8. The summed E-state index contributed by atoms with van der Waals surface area (Å²) in [4.78, 5) is 35.8. The van der Waals surface area contributed by atoms with Gasteiger partial charge in [0.25, 0.3) is 11.8 Å². The Morgan fingerprint density at radius 1 is 1.11 bits per heavy atom. The number of hydrazone groups is 2. The lowest BCUT2D eigenvalue weighted by atomic mass is 10.0. The average Bonchev–Trinajstić information content (AvgIpc) is 3.68. The number of carbonyl (C=O) groups excluding carboxylic acids is 2. The van der Waals surface area contributed by atoms with Crippen LogP contribution in [0.4, 0.5) is 10.1 Å². The minimum atomic E-state index is -0.643. The van der Waals surface area contributed by atoms with Crippen molar-refractivity contribution in [2.45, 2.75) is 19.4 Å². The minimum Gasteiger partial charge on any atom is -0.272 e. The fraction of sp³-hybridized carbons (Fsp3) is 0.185. The van der Waals surface area contributed by atoms with Crippen LogP contribution in [0.2, 0.25) is 0 Å². The van der Waals surface area contributed by atoms with Crippen molar-refractivity contribution in [2.75, 3.05) is 10.8 Å². The number of rotatable bonds is 5. The van der Waals surface area contributed by atoms with Crippen molar-refractivity contribution in [1.82, 2.24) is 5.01 Å². The molecule has 6 rings (SSSR count). The van der Waals surface area contributed by atoms with Crippen LogP contribution in [-0.4, -0.2) is 45.5 Å². The molecule has 0 saturated heterocycles. The molecule has 0 spiro atoms. The van der Waals surface area contributed by atoms with Crippen molar-refractivity contribution in [3.8, 4) is 0 Å². The Morgan fingerprint density at radius 3 is 2.63 bits per heavy atom. The molecule has 38 heavy (non-hydrogen) atoms. The molecule has 3 aliphatic heterocycles. The summed E-state index contributed by atoms with van der Waals surface area (Å²) in [5.41, 5.74) is 3.50. The summed E-state index contributed by atoms with van der Waals surface area (Å²) < 4.78 is 13.6. The quantitative estimate of drug-likeness (QED) is 0.451. The highest BCUT2D eigenvalue weighted by Gasteiger charge is 2.37. The van der Waals surface area contributed by atoms with Gasteiger partial charge >= 0.3 is 0 Å². The Labute approximate surface area is 226 Å². The van der Waals surface area contributed by atoms with Crippen LogP contribution in [0.15, 0.2) is 86.2 Å². The highest BCUT2D eigenvalue weighted by Crippen LogP contribution is 2.35. The average molecular weight is 545 g/mol. The van der Waals surface area contributed by atoms with Crippen molar-refractivity contribution in [3.63, 3.8) is 0 Å². The predicted octanol–water partition coefficient (Wildman–Crippen LogP) is 5.02. The van der Waals surface area contributed by atoms with Gasteiger partial charge in [0.2, 0.25) is 0 Å². The number of amidine groups is 2. The number of aryl methyl sites for hydroxylation is 1. The number of anilines is 1. The summed E-state index contributed by atoms with van der Waals surface area (Å²) >= 11 is 2.64. The van der Waals surface area contributed by atoms with Crippen LogP contribution in [0.3, 0.4) is 0 Å². The van der Waals surface area contributed by atoms with Gasteiger partial charge in [0.15, 0.2) is 11.0 Å². The van der Waals surface area contributed by atoms with Crippen LogP contribution in [0.1, 0.15) is 28.5 Å². The molecule has 0 fully saturated rings. The number of thiophene rings is 1. The van der Waals surface area contributed by atoms with Gasteiger partial charge in [-0.25, -0.2) is 19.4 Å². The summed E-state index contributed by atoms with van der Waals surface area (Å²) in [6, 6.07) is 17.4. The Morgan fingerprint density at radius 2 is 1.89 bits per heavy atom. The topological polar surface area (TPSA) is 90.1 Å². The van der Waals surface area contributed by atoms with Crippen molar-refractivity contribution >= 4 is 63.5 Å². The summed E-state index contributed by atoms with van der Waals surface area (Å²) in [7, 11) is 0. The third kappa shape index (κ3) is 4.70. The molecule has 4 heterocycles. The van der Waals surface area contributed by atoms with Crippen molar-refractivity contribution in [2.24, 2.45) is 26.1 Å². The Hall–Kier alpha value is -3.96. The molecule has 0 saturated carbocycles. The van der Waals surface area contributed by atoms with Crippen LogP contribution in [0, 0.1) is 18.7 Å². The van der Waals surface area contributed by atoms with E-state index in [9.17, 15) is 14.0 Å². The molecule has 1 aromatic heterocycles. The molecule has 190 valence electrons. The lowest BCUT2D eigenvalue weighted by Crippen LogP contribution is -2.34. The standard InChI is InChI=1S/C27H21FN6O2S2/c1-16-4-10-19(11-5-16)33-25-20(14-29-33)26(36)31-27(30-25)38-15-24(35)34-22(17-6-8-18(28)9-7-17)13-21(32-34)23-3-2-12-37-23/h2-12,14,20,22H,13,15H2,1H3. The zero-order chi connectivity index (χ0) is 26.2. The number of thioether (sulfide) groups is 1. The first-order valence-electron chi connectivity index (χ1n) is 11.9. The first-order valence-corrected chi connectivity index (χ1v) is 13.8. The number of aliphatic imine (C=N–C) groups is 2. The van der Waals surface area contributed by atoms with Gasteiger partial charge in [-0.05, 0) is 48.2 Å². The summed E-state index contributed by atoms with van der Waals surface area (Å²) in [5, 5.41) is 14.2. The van der Waals surface area contributed by atoms with Gasteiger partial charge in [0.05, 0.1) is 28.1 Å². The van der Waals surface area contributed by atoms with Crippen LogP contribution in [0.25, 0.3) is 0 Å². The maximum atomic E-state index is 13.6. The van der Waals surface area contributed by atoms with Crippen LogP contribution in [0.5, 0.6) is 0 Å². The van der Waals surface area contributed by atoms with E-state index in [-0.39, 0.29) is 34.6 Å². The van der Waals surface area contributed by atoms with E-state index < -0.39 is 5.92 Å². The van der Waals surface area contributed by atoms with Gasteiger partial charge in [-0.1, -0.05) is 47.7 Å². The SMILES string of the molecule is Cc1ccc(N2N=CC3C(=O)N=C(SCC(=O)N4N=C(c5cccs5)CC4c4ccc(F)cc4)N=C32)cc1. The highest BCUT2D eigenvalue weighted by atomic mass is 32.2. The van der Waals surface area contributed by atoms with E-state index in [1.54, 1.807) is 28.5 Å². The van der Waals surface area contributed by atoms with Crippen LogP contribution < -0.4 is 5.01 Å². The third-order valence-electron chi connectivity index (χ3n) is 6.34. The van der Waals surface area contributed by atoms with E-state index in [1.807, 2.05) is 48.7 Å². The predicted molar refractivity (Wildman–Crippen MR) is 149 cm³/mol. The van der Waals surface area contributed by atoms with Gasteiger partial charge < -0.3 is 0 Å². The van der Waals surface area contributed by atoms with E-state index in [0.29, 0.717) is 12.3 Å². The number of carbonyl (C=O) groups is 2. The summed E-state index contributed by atoms with van der Waals surface area (Å²) in [5.74, 6) is -1.16. The maximum Gasteiger partial charge on any atom is 0.264 e. The van der Waals surface area contributed by atoms with Gasteiger partial charge in [0, 0.05) is 12.6 Å². The molecule has 3 aromatic rings. The molecule has 2 atom stereocenters. The van der Waals surface area contributed by atoms with Gasteiger partial charge in [-0.2, -0.15) is 15.2 Å². The second-order valence-corrected chi connectivity index (χ2v) is 10.8. The molecule has 0 N–H and O–H groups in total. The molecule has 0 bridgehead atoms. The fourth-order valence-corrected chi connectivity index (χ4v) is 5.81. The second-order valence-electron chi connectivity index (χ2n) is 8.91. The molecular formula is C27H21FN6O2S2. The zero-order valence-electron chi connectivity index (χ0n) is 20.2. The molecule has 2 unspecified atom stereocenters. The molecule has 0 radical (unpaired) electrons. The Bertz CT molecular complexity index is 1510. The third-order valence-corrected chi connectivity index (χ3v) is 8.09. The van der Waals surface area contributed by atoms with Crippen molar-refractivity contribution < 1.29 is 14.0 Å². The van der Waals surface area contributed by atoms with Gasteiger partial charge in [-0.15, -0.1) is 11.3 Å². The Kier molecular flexibility index (Phi) is 6.46. The molecule has 2 amide bonds. The number of fused-ring (bicyclic) bond motifs is 1. The first kappa shape index (κ1) is 24.4. The van der Waals surface area contributed by atoms with Crippen molar-refractivity contribution in [3.05, 3.63) is 87.9 Å².